The molecule has 1 aliphatic rings. The zero-order valence-electron chi connectivity index (χ0n) is 10.6. The molecule has 1 aliphatic carbocycles. The predicted molar refractivity (Wildman–Crippen MR) is 71.6 cm³/mol. The summed E-state index contributed by atoms with van der Waals surface area (Å²) in [6.45, 7) is 2.57. The molecule has 3 rings (SSSR count). The SMILES string of the molecule is Cc1coc(Sc2cc(F)cc(CNC3CC3)c2)n1. The molecule has 0 radical (unpaired) electrons. The van der Waals surface area contributed by atoms with E-state index in [0.29, 0.717) is 17.8 Å². The second-order valence-electron chi connectivity index (χ2n) is 4.81. The average molecular weight is 278 g/mol. The second kappa shape index (κ2) is 5.35. The lowest BCUT2D eigenvalue weighted by Crippen LogP contribution is -2.15. The third-order valence-electron chi connectivity index (χ3n) is 2.91. The lowest BCUT2D eigenvalue weighted by Gasteiger charge is -2.05. The fourth-order valence-corrected chi connectivity index (χ4v) is 2.68. The summed E-state index contributed by atoms with van der Waals surface area (Å²) < 4.78 is 18.9. The summed E-state index contributed by atoms with van der Waals surface area (Å²) in [4.78, 5) is 5.02. The van der Waals surface area contributed by atoms with E-state index in [9.17, 15) is 4.39 Å². The molecule has 19 heavy (non-hydrogen) atoms. The van der Waals surface area contributed by atoms with Gasteiger partial charge in [0.25, 0.3) is 5.22 Å². The minimum atomic E-state index is -0.221. The van der Waals surface area contributed by atoms with E-state index in [-0.39, 0.29) is 5.82 Å². The van der Waals surface area contributed by atoms with Crippen molar-refractivity contribution in [2.24, 2.45) is 0 Å². The molecule has 0 amide bonds. The highest BCUT2D eigenvalue weighted by Gasteiger charge is 2.20. The minimum Gasteiger partial charge on any atom is -0.439 e. The summed E-state index contributed by atoms with van der Waals surface area (Å²) in [5.41, 5.74) is 1.78. The molecule has 1 heterocycles. The Morgan fingerprint density at radius 3 is 2.95 bits per heavy atom. The van der Waals surface area contributed by atoms with Crippen molar-refractivity contribution in [1.29, 1.82) is 0 Å². The van der Waals surface area contributed by atoms with Crippen molar-refractivity contribution in [1.82, 2.24) is 10.3 Å². The van der Waals surface area contributed by atoms with Gasteiger partial charge in [-0.15, -0.1) is 0 Å². The molecule has 3 nitrogen and oxygen atoms in total. The first-order valence-corrected chi connectivity index (χ1v) is 7.13. The van der Waals surface area contributed by atoms with Gasteiger partial charge in [0, 0.05) is 17.5 Å². The number of nitrogens with one attached hydrogen (secondary N) is 1. The van der Waals surface area contributed by atoms with E-state index in [1.54, 1.807) is 12.3 Å². The van der Waals surface area contributed by atoms with Gasteiger partial charge in [-0.3, -0.25) is 0 Å². The molecule has 2 aromatic rings. The van der Waals surface area contributed by atoms with Gasteiger partial charge < -0.3 is 9.73 Å². The number of hydrogen-bond acceptors (Lipinski definition) is 4. The minimum absolute atomic E-state index is 0.221. The molecule has 0 bridgehead atoms. The molecule has 0 spiro atoms. The molecule has 100 valence electrons. The number of oxazole rings is 1. The molecule has 0 unspecified atom stereocenters. The first-order valence-electron chi connectivity index (χ1n) is 6.32. The maximum atomic E-state index is 13.6. The summed E-state index contributed by atoms with van der Waals surface area (Å²) in [6.07, 6.45) is 4.05. The van der Waals surface area contributed by atoms with Crippen molar-refractivity contribution < 1.29 is 8.81 Å². The normalized spacial score (nSPS) is 14.8. The zero-order chi connectivity index (χ0) is 13.2. The Kier molecular flexibility index (Phi) is 3.57. The number of benzene rings is 1. The van der Waals surface area contributed by atoms with E-state index in [2.05, 4.69) is 10.3 Å². The molecular formula is C14H15FN2OS. The summed E-state index contributed by atoms with van der Waals surface area (Å²) >= 11 is 1.34. The maximum absolute atomic E-state index is 13.6. The van der Waals surface area contributed by atoms with Crippen LogP contribution in [-0.2, 0) is 6.54 Å². The van der Waals surface area contributed by atoms with Gasteiger partial charge in [-0.05, 0) is 55.3 Å². The number of rotatable bonds is 5. The highest BCUT2D eigenvalue weighted by atomic mass is 32.2. The number of aromatic nitrogens is 1. The molecule has 0 aliphatic heterocycles. The van der Waals surface area contributed by atoms with E-state index in [1.807, 2.05) is 13.0 Å². The fourth-order valence-electron chi connectivity index (χ4n) is 1.81. The Balaban J connectivity index is 1.72. The Bertz CT molecular complexity index is 581. The third-order valence-corrected chi connectivity index (χ3v) is 3.74. The highest BCUT2D eigenvalue weighted by Crippen LogP contribution is 2.28. The van der Waals surface area contributed by atoms with Crippen LogP contribution >= 0.6 is 11.8 Å². The van der Waals surface area contributed by atoms with Crippen molar-refractivity contribution >= 4 is 11.8 Å². The highest BCUT2D eigenvalue weighted by molar-refractivity contribution is 7.99. The fraction of sp³-hybridized carbons (Fsp3) is 0.357. The third kappa shape index (κ3) is 3.58. The van der Waals surface area contributed by atoms with Crippen LogP contribution in [0, 0.1) is 12.7 Å². The zero-order valence-corrected chi connectivity index (χ0v) is 11.5. The van der Waals surface area contributed by atoms with Gasteiger partial charge in [0.15, 0.2) is 0 Å². The lowest BCUT2D eigenvalue weighted by molar-refractivity contribution is 0.454. The molecular weight excluding hydrogens is 263 g/mol. The first kappa shape index (κ1) is 12.7. The Labute approximate surface area is 115 Å². The van der Waals surface area contributed by atoms with E-state index in [1.165, 1.54) is 30.7 Å². The van der Waals surface area contributed by atoms with Gasteiger partial charge >= 0.3 is 0 Å². The van der Waals surface area contributed by atoms with Crippen molar-refractivity contribution in [3.8, 4) is 0 Å². The van der Waals surface area contributed by atoms with E-state index < -0.39 is 0 Å². The summed E-state index contributed by atoms with van der Waals surface area (Å²) in [5, 5.41) is 3.93. The van der Waals surface area contributed by atoms with Gasteiger partial charge in [0.1, 0.15) is 12.1 Å². The molecule has 1 fully saturated rings. The Morgan fingerprint density at radius 1 is 1.42 bits per heavy atom. The smallest absolute Gasteiger partial charge is 0.260 e. The molecule has 0 atom stereocenters. The first-order chi connectivity index (χ1) is 9.19. The Morgan fingerprint density at radius 2 is 2.26 bits per heavy atom. The van der Waals surface area contributed by atoms with Gasteiger partial charge in [0.05, 0.1) is 5.69 Å². The van der Waals surface area contributed by atoms with Gasteiger partial charge in [-0.2, -0.15) is 0 Å². The van der Waals surface area contributed by atoms with Crippen LogP contribution in [0.15, 0.2) is 39.0 Å². The van der Waals surface area contributed by atoms with Crippen molar-refractivity contribution in [3.63, 3.8) is 0 Å². The second-order valence-corrected chi connectivity index (χ2v) is 5.83. The van der Waals surface area contributed by atoms with Crippen LogP contribution < -0.4 is 5.32 Å². The van der Waals surface area contributed by atoms with Crippen LogP contribution in [0.25, 0.3) is 0 Å². The summed E-state index contributed by atoms with van der Waals surface area (Å²) in [6, 6.07) is 5.67. The number of hydrogen-bond donors (Lipinski definition) is 1. The largest absolute Gasteiger partial charge is 0.439 e. The maximum Gasteiger partial charge on any atom is 0.260 e. The summed E-state index contributed by atoms with van der Waals surface area (Å²) in [5.74, 6) is -0.221. The van der Waals surface area contributed by atoms with Gasteiger partial charge in [-0.1, -0.05) is 0 Å². The molecule has 0 saturated heterocycles. The van der Waals surface area contributed by atoms with E-state index >= 15 is 0 Å². The van der Waals surface area contributed by atoms with Gasteiger partial charge in [-0.25, -0.2) is 9.37 Å². The molecule has 1 aromatic carbocycles. The van der Waals surface area contributed by atoms with Crippen LogP contribution in [0.1, 0.15) is 24.1 Å². The van der Waals surface area contributed by atoms with Crippen LogP contribution in [0.2, 0.25) is 0 Å². The standard InChI is InChI=1S/C14H15FN2OS/c1-9-8-18-14(17-9)19-13-5-10(4-11(15)6-13)7-16-12-2-3-12/h4-6,8,12,16H,2-3,7H2,1H3. The summed E-state index contributed by atoms with van der Waals surface area (Å²) in [7, 11) is 0. The lowest BCUT2D eigenvalue weighted by atomic mass is 10.2. The van der Waals surface area contributed by atoms with Crippen LogP contribution in [-0.4, -0.2) is 11.0 Å². The van der Waals surface area contributed by atoms with Crippen molar-refractivity contribution in [2.45, 2.75) is 42.5 Å². The van der Waals surface area contributed by atoms with Crippen molar-refractivity contribution in [3.05, 3.63) is 41.5 Å². The van der Waals surface area contributed by atoms with Crippen LogP contribution in [0.4, 0.5) is 4.39 Å². The van der Waals surface area contributed by atoms with Gasteiger partial charge in [0.2, 0.25) is 0 Å². The predicted octanol–water partition coefficient (Wildman–Crippen LogP) is 3.53. The molecule has 1 N–H and O–H groups in total. The average Bonchev–Trinajstić information content (AvgIpc) is 3.10. The molecule has 1 aromatic heterocycles. The Hall–Kier alpha value is -1.33. The molecule has 1 saturated carbocycles. The number of nitrogens with zero attached hydrogens (tertiary/aromatic N) is 1. The number of halogens is 1. The topological polar surface area (TPSA) is 38.1 Å². The number of aryl methyl sites for hydroxylation is 1. The molecule has 5 heteroatoms. The van der Waals surface area contributed by atoms with Crippen molar-refractivity contribution in [2.75, 3.05) is 0 Å². The monoisotopic (exact) mass is 278 g/mol. The van der Waals surface area contributed by atoms with Crippen LogP contribution in [0.5, 0.6) is 0 Å². The quantitative estimate of drug-likeness (QED) is 0.908. The van der Waals surface area contributed by atoms with E-state index in [4.69, 9.17) is 4.42 Å². The van der Waals surface area contributed by atoms with Crippen LogP contribution in [0.3, 0.4) is 0 Å². The van der Waals surface area contributed by atoms with E-state index in [0.717, 1.165) is 16.2 Å².